The van der Waals surface area contributed by atoms with Gasteiger partial charge in [0.05, 0.1) is 19.8 Å². The zero-order chi connectivity index (χ0) is 17.3. The van der Waals surface area contributed by atoms with Crippen molar-refractivity contribution in [1.82, 2.24) is 14.7 Å². The number of aromatic nitrogens is 2. The molecule has 3 aliphatic rings. The predicted octanol–water partition coefficient (Wildman–Crippen LogP) is 0.952. The Hall–Kier alpha value is -1.44. The molecule has 0 N–H and O–H groups in total. The highest BCUT2D eigenvalue weighted by Crippen LogP contribution is 2.42. The van der Waals surface area contributed by atoms with Gasteiger partial charge in [0.25, 0.3) is 5.91 Å². The lowest BCUT2D eigenvalue weighted by Crippen LogP contribution is -2.38. The van der Waals surface area contributed by atoms with Crippen LogP contribution in [0.4, 0.5) is 0 Å². The highest BCUT2D eigenvalue weighted by atomic mass is 16.5. The maximum atomic E-state index is 12.8. The van der Waals surface area contributed by atoms with E-state index in [1.807, 2.05) is 4.90 Å². The number of carbonyl (C=O) groups is 1. The Kier molecular flexibility index (Phi) is 4.80. The Morgan fingerprint density at radius 2 is 2.24 bits per heavy atom. The highest BCUT2D eigenvalue weighted by Gasteiger charge is 2.52. The van der Waals surface area contributed by atoms with Crippen LogP contribution in [0.25, 0.3) is 0 Å². The maximum absolute atomic E-state index is 12.8. The van der Waals surface area contributed by atoms with E-state index in [0.717, 1.165) is 45.8 Å². The van der Waals surface area contributed by atoms with Gasteiger partial charge in [-0.3, -0.25) is 9.48 Å². The second-order valence-electron chi connectivity index (χ2n) is 7.67. The minimum Gasteiger partial charge on any atom is -0.381 e. The number of likely N-dealkylation sites (tertiary alicyclic amines) is 1. The van der Waals surface area contributed by atoms with Crippen molar-refractivity contribution in [1.29, 1.82) is 0 Å². The van der Waals surface area contributed by atoms with Crippen molar-refractivity contribution in [2.75, 3.05) is 52.7 Å². The second kappa shape index (κ2) is 7.05. The summed E-state index contributed by atoms with van der Waals surface area (Å²) in [5.74, 6) is 1.01. The van der Waals surface area contributed by atoms with Gasteiger partial charge >= 0.3 is 0 Å². The van der Waals surface area contributed by atoms with E-state index >= 15 is 0 Å². The summed E-state index contributed by atoms with van der Waals surface area (Å²) in [6, 6.07) is 1.78. The normalized spacial score (nSPS) is 30.0. The molecule has 1 aromatic heterocycles. The lowest BCUT2D eigenvalue weighted by molar-refractivity contribution is -0.0151. The number of nitrogens with zero attached hydrogens (tertiary/aromatic N) is 3. The van der Waals surface area contributed by atoms with E-state index in [0.29, 0.717) is 37.3 Å². The molecule has 3 aliphatic heterocycles. The molecule has 0 aliphatic carbocycles. The summed E-state index contributed by atoms with van der Waals surface area (Å²) in [4.78, 5) is 14.7. The van der Waals surface area contributed by atoms with Crippen LogP contribution in [0.15, 0.2) is 12.3 Å². The molecular weight excluding hydrogens is 322 g/mol. The first-order valence-corrected chi connectivity index (χ1v) is 9.18. The summed E-state index contributed by atoms with van der Waals surface area (Å²) in [5.41, 5.74) is 0.582. The molecule has 3 saturated heterocycles. The van der Waals surface area contributed by atoms with Crippen molar-refractivity contribution in [3.8, 4) is 0 Å². The largest absolute Gasteiger partial charge is 0.381 e. The van der Waals surface area contributed by atoms with Crippen LogP contribution in [0.1, 0.15) is 23.3 Å². The van der Waals surface area contributed by atoms with E-state index < -0.39 is 0 Å². The molecule has 0 saturated carbocycles. The molecule has 0 radical (unpaired) electrons. The molecular formula is C18H27N3O4. The van der Waals surface area contributed by atoms with Gasteiger partial charge in [-0.15, -0.1) is 0 Å². The smallest absolute Gasteiger partial charge is 0.272 e. The zero-order valence-corrected chi connectivity index (χ0v) is 14.9. The van der Waals surface area contributed by atoms with Gasteiger partial charge in [0.1, 0.15) is 5.69 Å². The second-order valence-corrected chi connectivity index (χ2v) is 7.67. The third kappa shape index (κ3) is 3.32. The van der Waals surface area contributed by atoms with Gasteiger partial charge in [-0.2, -0.15) is 5.10 Å². The van der Waals surface area contributed by atoms with E-state index in [1.165, 1.54) is 0 Å². The summed E-state index contributed by atoms with van der Waals surface area (Å²) in [5, 5.41) is 4.11. The standard InChI is InChI=1S/C18H27N3O4/c1-20-16(2-5-19-20)17(22)21-8-15-10-25-13-18(15,11-21)12-24-9-14-3-6-23-7-4-14/h2,5,14-15H,3-4,6-13H2,1H3/t15-,18-/m1/s1. The number of carbonyl (C=O) groups excluding carboxylic acids is 1. The molecule has 1 amide bonds. The molecule has 1 aromatic rings. The van der Waals surface area contributed by atoms with Gasteiger partial charge in [0.2, 0.25) is 0 Å². The first-order chi connectivity index (χ1) is 12.2. The number of amides is 1. The average Bonchev–Trinajstić information content (AvgIpc) is 3.29. The van der Waals surface area contributed by atoms with Crippen LogP contribution in [0.2, 0.25) is 0 Å². The summed E-state index contributed by atoms with van der Waals surface area (Å²) >= 11 is 0. The molecule has 138 valence electrons. The fraction of sp³-hybridized carbons (Fsp3) is 0.778. The number of fused-ring (bicyclic) bond motifs is 1. The summed E-state index contributed by atoms with van der Waals surface area (Å²) in [6.07, 6.45) is 3.83. The molecule has 0 spiro atoms. The van der Waals surface area contributed by atoms with E-state index in [4.69, 9.17) is 14.2 Å². The Balaban J connectivity index is 1.37. The molecule has 0 aromatic carbocycles. The number of aryl methyl sites for hydroxylation is 1. The monoisotopic (exact) mass is 349 g/mol. The third-order valence-electron chi connectivity index (χ3n) is 5.93. The van der Waals surface area contributed by atoms with Crippen LogP contribution >= 0.6 is 0 Å². The van der Waals surface area contributed by atoms with Crippen LogP contribution in [0.3, 0.4) is 0 Å². The van der Waals surface area contributed by atoms with Crippen LogP contribution in [0, 0.1) is 17.3 Å². The minimum atomic E-state index is -0.0561. The molecule has 4 rings (SSSR count). The molecule has 3 fully saturated rings. The first kappa shape index (κ1) is 17.0. The van der Waals surface area contributed by atoms with Crippen LogP contribution in [0.5, 0.6) is 0 Å². The van der Waals surface area contributed by atoms with Crippen molar-refractivity contribution in [2.24, 2.45) is 24.3 Å². The number of hydrogen-bond donors (Lipinski definition) is 0. The predicted molar refractivity (Wildman–Crippen MR) is 90.2 cm³/mol. The van der Waals surface area contributed by atoms with Gasteiger partial charge in [-0.1, -0.05) is 0 Å². The highest BCUT2D eigenvalue weighted by molar-refractivity contribution is 5.92. The van der Waals surface area contributed by atoms with Crippen molar-refractivity contribution in [2.45, 2.75) is 12.8 Å². The van der Waals surface area contributed by atoms with Gasteiger partial charge in [-0.25, -0.2) is 0 Å². The Labute approximate surface area is 148 Å². The Morgan fingerprint density at radius 1 is 1.40 bits per heavy atom. The fourth-order valence-electron chi connectivity index (χ4n) is 4.28. The SMILES string of the molecule is Cn1nccc1C(=O)N1C[C@@H]2COC[C@]2(COCC2CCOCC2)C1. The molecule has 25 heavy (non-hydrogen) atoms. The van der Waals surface area contributed by atoms with Gasteiger partial charge in [0, 0.05) is 57.5 Å². The summed E-state index contributed by atoms with van der Waals surface area (Å²) < 4.78 is 18.9. The van der Waals surface area contributed by atoms with Crippen molar-refractivity contribution in [3.63, 3.8) is 0 Å². The van der Waals surface area contributed by atoms with Crippen LogP contribution in [-0.4, -0.2) is 73.3 Å². The first-order valence-electron chi connectivity index (χ1n) is 9.18. The zero-order valence-electron chi connectivity index (χ0n) is 14.9. The van der Waals surface area contributed by atoms with Crippen molar-refractivity contribution in [3.05, 3.63) is 18.0 Å². The van der Waals surface area contributed by atoms with E-state index in [1.54, 1.807) is 24.0 Å². The van der Waals surface area contributed by atoms with Gasteiger partial charge in [0.15, 0.2) is 0 Å². The fourth-order valence-corrected chi connectivity index (χ4v) is 4.28. The third-order valence-corrected chi connectivity index (χ3v) is 5.93. The number of rotatable bonds is 5. The molecule has 0 bridgehead atoms. The lowest BCUT2D eigenvalue weighted by atomic mass is 9.82. The van der Waals surface area contributed by atoms with E-state index in [2.05, 4.69) is 5.10 Å². The molecule has 7 heteroatoms. The van der Waals surface area contributed by atoms with Crippen LogP contribution < -0.4 is 0 Å². The topological polar surface area (TPSA) is 65.8 Å². The summed E-state index contributed by atoms with van der Waals surface area (Å²) in [6.45, 7) is 5.99. The Bertz CT molecular complexity index is 613. The molecule has 2 atom stereocenters. The van der Waals surface area contributed by atoms with Gasteiger partial charge < -0.3 is 19.1 Å². The maximum Gasteiger partial charge on any atom is 0.272 e. The summed E-state index contributed by atoms with van der Waals surface area (Å²) in [7, 11) is 1.81. The average molecular weight is 349 g/mol. The molecule has 4 heterocycles. The quantitative estimate of drug-likeness (QED) is 0.792. The number of hydrogen-bond acceptors (Lipinski definition) is 5. The van der Waals surface area contributed by atoms with Crippen molar-refractivity contribution >= 4 is 5.91 Å². The minimum absolute atomic E-state index is 0.0539. The van der Waals surface area contributed by atoms with E-state index in [-0.39, 0.29) is 11.3 Å². The van der Waals surface area contributed by atoms with Crippen LogP contribution in [-0.2, 0) is 21.3 Å². The van der Waals surface area contributed by atoms with E-state index in [9.17, 15) is 4.79 Å². The molecule has 0 unspecified atom stereocenters. The lowest BCUT2D eigenvalue weighted by Gasteiger charge is -2.29. The van der Waals surface area contributed by atoms with Crippen molar-refractivity contribution < 1.29 is 19.0 Å². The van der Waals surface area contributed by atoms with Gasteiger partial charge in [-0.05, 0) is 24.8 Å². The Morgan fingerprint density at radius 3 is 3.00 bits per heavy atom. The number of ether oxygens (including phenoxy) is 3. The molecule has 7 nitrogen and oxygen atoms in total.